The largest absolute Gasteiger partial charge is 0.453 e. The molecule has 0 unspecified atom stereocenters. The van der Waals surface area contributed by atoms with Crippen molar-refractivity contribution in [1.82, 2.24) is 14.9 Å². The molecule has 1 aliphatic rings. The Kier molecular flexibility index (Phi) is 12.8. The van der Waals surface area contributed by atoms with Crippen LogP contribution in [0.3, 0.4) is 0 Å². The SMILES string of the molecule is COC(=O)N[C@@H](Cc1ccccc1Br)C(=O)N[C@H](CCC[C@@H](CO)N(C(C)C)S(=O)(=O)c1ccc(CO)cc1)C1CC1. The van der Waals surface area contributed by atoms with Crippen LogP contribution in [0.2, 0.25) is 0 Å². The van der Waals surface area contributed by atoms with Crippen molar-refractivity contribution in [3.8, 4) is 0 Å². The van der Waals surface area contributed by atoms with Crippen LogP contribution in [0.1, 0.15) is 57.1 Å². The lowest BCUT2D eigenvalue weighted by atomic mass is 10.0. The highest BCUT2D eigenvalue weighted by molar-refractivity contribution is 9.10. The van der Waals surface area contributed by atoms with E-state index in [0.717, 1.165) is 22.9 Å². The van der Waals surface area contributed by atoms with Gasteiger partial charge in [-0.1, -0.05) is 46.3 Å². The van der Waals surface area contributed by atoms with Gasteiger partial charge in [-0.3, -0.25) is 4.79 Å². The number of ether oxygens (including phenoxy) is 1. The van der Waals surface area contributed by atoms with E-state index in [4.69, 9.17) is 4.74 Å². The first-order valence-electron chi connectivity index (χ1n) is 14.2. The second-order valence-electron chi connectivity index (χ2n) is 10.9. The average molecular weight is 669 g/mol. The fourth-order valence-electron chi connectivity index (χ4n) is 5.16. The van der Waals surface area contributed by atoms with Crippen molar-refractivity contribution in [1.29, 1.82) is 0 Å². The molecule has 10 nitrogen and oxygen atoms in total. The number of carbonyl (C=O) groups is 2. The van der Waals surface area contributed by atoms with Gasteiger partial charge in [0.25, 0.3) is 0 Å². The highest BCUT2D eigenvalue weighted by atomic mass is 79.9. The summed E-state index contributed by atoms with van der Waals surface area (Å²) >= 11 is 3.50. The molecule has 0 aliphatic heterocycles. The van der Waals surface area contributed by atoms with Crippen LogP contribution in [-0.2, 0) is 32.6 Å². The number of amides is 2. The molecule has 1 saturated carbocycles. The Morgan fingerprint density at radius 1 is 1.05 bits per heavy atom. The van der Waals surface area contributed by atoms with Crippen molar-refractivity contribution < 1.29 is 33.0 Å². The summed E-state index contributed by atoms with van der Waals surface area (Å²) in [6.45, 7) is 3.02. The van der Waals surface area contributed by atoms with Crippen LogP contribution in [0.5, 0.6) is 0 Å². The van der Waals surface area contributed by atoms with E-state index >= 15 is 0 Å². The van der Waals surface area contributed by atoms with Crippen LogP contribution in [0, 0.1) is 5.92 Å². The summed E-state index contributed by atoms with van der Waals surface area (Å²) in [6.07, 6.45) is 3.11. The number of rotatable bonds is 16. The van der Waals surface area contributed by atoms with E-state index < -0.39 is 34.2 Å². The van der Waals surface area contributed by atoms with E-state index in [1.807, 2.05) is 24.3 Å². The molecule has 1 fully saturated rings. The van der Waals surface area contributed by atoms with Crippen LogP contribution in [0.4, 0.5) is 4.79 Å². The molecule has 2 aromatic rings. The molecule has 0 radical (unpaired) electrons. The predicted octanol–water partition coefficient (Wildman–Crippen LogP) is 3.73. The molecule has 4 N–H and O–H groups in total. The van der Waals surface area contributed by atoms with Crippen LogP contribution in [-0.4, -0.2) is 72.8 Å². The minimum Gasteiger partial charge on any atom is -0.453 e. The van der Waals surface area contributed by atoms with E-state index in [9.17, 15) is 28.2 Å². The summed E-state index contributed by atoms with van der Waals surface area (Å²) in [5, 5.41) is 25.3. The molecule has 0 heterocycles. The molecule has 3 rings (SSSR count). The summed E-state index contributed by atoms with van der Waals surface area (Å²) < 4.78 is 34.0. The first kappa shape index (κ1) is 34.0. The highest BCUT2D eigenvalue weighted by Crippen LogP contribution is 2.35. The third kappa shape index (κ3) is 9.24. The number of alkyl carbamates (subject to hydrolysis) is 1. The quantitative estimate of drug-likeness (QED) is 0.213. The summed E-state index contributed by atoms with van der Waals surface area (Å²) in [7, 11) is -2.65. The lowest BCUT2D eigenvalue weighted by Gasteiger charge is -2.33. The highest BCUT2D eigenvalue weighted by Gasteiger charge is 2.36. The fourth-order valence-corrected chi connectivity index (χ4v) is 7.45. The molecule has 0 aromatic heterocycles. The lowest BCUT2D eigenvalue weighted by molar-refractivity contribution is -0.124. The maximum absolute atomic E-state index is 13.5. The smallest absolute Gasteiger partial charge is 0.407 e. The van der Waals surface area contributed by atoms with Gasteiger partial charge in [0.2, 0.25) is 15.9 Å². The number of hydrogen-bond acceptors (Lipinski definition) is 7. The summed E-state index contributed by atoms with van der Waals surface area (Å²) in [4.78, 5) is 25.5. The van der Waals surface area contributed by atoms with Gasteiger partial charge in [-0.05, 0) is 81.2 Å². The Morgan fingerprint density at radius 3 is 2.26 bits per heavy atom. The number of aliphatic hydroxyl groups is 2. The maximum atomic E-state index is 13.5. The van der Waals surface area contributed by atoms with Crippen molar-refractivity contribution >= 4 is 38.0 Å². The number of carbonyl (C=O) groups excluding carboxylic acids is 2. The zero-order valence-electron chi connectivity index (χ0n) is 24.3. The van der Waals surface area contributed by atoms with Crippen molar-refractivity contribution in [3.05, 3.63) is 64.1 Å². The van der Waals surface area contributed by atoms with Crippen LogP contribution in [0.25, 0.3) is 0 Å². The third-order valence-electron chi connectivity index (χ3n) is 7.51. The summed E-state index contributed by atoms with van der Waals surface area (Å²) in [5.41, 5.74) is 1.47. The summed E-state index contributed by atoms with van der Waals surface area (Å²) in [6, 6.07) is 11.5. The first-order chi connectivity index (χ1) is 20.0. The van der Waals surface area contributed by atoms with Gasteiger partial charge in [0.1, 0.15) is 6.04 Å². The Morgan fingerprint density at radius 2 is 1.71 bits per heavy atom. The second kappa shape index (κ2) is 15.8. The van der Waals surface area contributed by atoms with Gasteiger partial charge in [-0.2, -0.15) is 4.31 Å². The molecular formula is C30H42BrN3O7S. The van der Waals surface area contributed by atoms with E-state index in [2.05, 4.69) is 26.6 Å². The minimum atomic E-state index is -3.90. The fraction of sp³-hybridized carbons (Fsp3) is 0.533. The number of nitrogens with one attached hydrogen (secondary N) is 2. The van der Waals surface area contributed by atoms with Crippen molar-refractivity contribution in [2.45, 2.75) is 88.0 Å². The summed E-state index contributed by atoms with van der Waals surface area (Å²) in [5.74, 6) is -0.0109. The molecule has 2 amide bonds. The third-order valence-corrected chi connectivity index (χ3v) is 10.4. The molecule has 0 saturated heterocycles. The molecule has 2 aromatic carbocycles. The van der Waals surface area contributed by atoms with Gasteiger partial charge in [0, 0.05) is 29.0 Å². The van der Waals surface area contributed by atoms with E-state index in [1.54, 1.807) is 26.0 Å². The Labute approximate surface area is 257 Å². The topological polar surface area (TPSA) is 145 Å². The first-order valence-corrected chi connectivity index (χ1v) is 16.5. The van der Waals surface area contributed by atoms with Gasteiger partial charge in [0.05, 0.1) is 25.2 Å². The number of halogens is 1. The zero-order chi connectivity index (χ0) is 30.9. The molecule has 0 bridgehead atoms. The number of hydrogen-bond donors (Lipinski definition) is 4. The van der Waals surface area contributed by atoms with Gasteiger partial charge in [-0.15, -0.1) is 0 Å². The number of sulfonamides is 1. The molecule has 42 heavy (non-hydrogen) atoms. The van der Waals surface area contributed by atoms with E-state index in [1.165, 1.54) is 23.5 Å². The molecule has 3 atom stereocenters. The molecular weight excluding hydrogens is 626 g/mol. The molecule has 232 valence electrons. The Hall–Kier alpha value is -2.51. The van der Waals surface area contributed by atoms with Crippen molar-refractivity contribution in [2.24, 2.45) is 5.92 Å². The normalized spacial score (nSPS) is 15.7. The lowest BCUT2D eigenvalue weighted by Crippen LogP contribution is -2.51. The molecule has 1 aliphatic carbocycles. The Balaban J connectivity index is 1.68. The van der Waals surface area contributed by atoms with Gasteiger partial charge in [-0.25, -0.2) is 13.2 Å². The number of methoxy groups -OCH3 is 1. The number of aliphatic hydroxyl groups excluding tert-OH is 2. The monoisotopic (exact) mass is 667 g/mol. The maximum Gasteiger partial charge on any atom is 0.407 e. The standard InChI is InChI=1S/C30H42BrN3O7S/c1-20(2)34(42(39,40)25-15-11-21(18-35)12-16-25)24(19-36)8-6-10-27(22-13-14-22)32-29(37)28(33-30(38)41-3)17-23-7-4-5-9-26(23)31/h4-5,7,9,11-12,15-16,20,22,24,27-28,35-36H,6,8,10,13-14,17-19H2,1-3H3,(H,32,37)(H,33,38)/t24-,27+,28-/m0/s1. The van der Waals surface area contributed by atoms with E-state index in [-0.39, 0.29) is 36.5 Å². The average Bonchev–Trinajstić information content (AvgIpc) is 3.82. The van der Waals surface area contributed by atoms with Crippen molar-refractivity contribution in [3.63, 3.8) is 0 Å². The van der Waals surface area contributed by atoms with E-state index in [0.29, 0.717) is 30.7 Å². The van der Waals surface area contributed by atoms with Gasteiger partial charge in [0.15, 0.2) is 0 Å². The minimum absolute atomic E-state index is 0.101. The molecule has 12 heteroatoms. The predicted molar refractivity (Wildman–Crippen MR) is 163 cm³/mol. The van der Waals surface area contributed by atoms with Crippen molar-refractivity contribution in [2.75, 3.05) is 13.7 Å². The van der Waals surface area contributed by atoms with Gasteiger partial charge >= 0.3 is 6.09 Å². The Bertz CT molecular complexity index is 1290. The number of nitrogens with zero attached hydrogens (tertiary/aromatic N) is 1. The van der Waals surface area contributed by atoms with Gasteiger partial charge < -0.3 is 25.6 Å². The van der Waals surface area contributed by atoms with Crippen LogP contribution in [0.15, 0.2) is 57.9 Å². The van der Waals surface area contributed by atoms with Crippen LogP contribution >= 0.6 is 15.9 Å². The molecule has 0 spiro atoms. The zero-order valence-corrected chi connectivity index (χ0v) is 26.7. The van der Waals surface area contributed by atoms with Crippen LogP contribution < -0.4 is 10.6 Å². The second-order valence-corrected chi connectivity index (χ2v) is 13.6. The number of benzene rings is 2.